The lowest BCUT2D eigenvalue weighted by Gasteiger charge is -2.21. The quantitative estimate of drug-likeness (QED) is 0.0222. The van der Waals surface area contributed by atoms with Gasteiger partial charge >= 0.3 is 39.5 Å². The minimum atomic E-state index is -4.95. The molecule has 91 heavy (non-hydrogen) atoms. The topological polar surface area (TPSA) is 237 Å². The van der Waals surface area contributed by atoms with Crippen molar-refractivity contribution in [3.05, 3.63) is 0 Å². The van der Waals surface area contributed by atoms with Crippen molar-refractivity contribution < 1.29 is 80.2 Å². The smallest absolute Gasteiger partial charge is 0.462 e. The second kappa shape index (κ2) is 66.7. The molecule has 0 bridgehead atoms. The minimum Gasteiger partial charge on any atom is -0.462 e. The van der Waals surface area contributed by atoms with Crippen molar-refractivity contribution in [1.82, 2.24) is 0 Å². The van der Waals surface area contributed by atoms with Gasteiger partial charge in [0.15, 0.2) is 12.2 Å². The average Bonchev–Trinajstić information content (AvgIpc) is 3.55. The number of esters is 4. The Balaban J connectivity index is 5.17. The van der Waals surface area contributed by atoms with Crippen molar-refractivity contribution in [1.29, 1.82) is 0 Å². The Morgan fingerprint density at radius 1 is 0.264 bits per heavy atom. The second-order valence-electron chi connectivity index (χ2n) is 26.0. The van der Waals surface area contributed by atoms with Crippen LogP contribution in [0.25, 0.3) is 0 Å². The molecule has 17 nitrogen and oxygen atoms in total. The molecule has 0 aromatic carbocycles. The van der Waals surface area contributed by atoms with Crippen LogP contribution in [0.15, 0.2) is 0 Å². The van der Waals surface area contributed by atoms with E-state index in [4.69, 9.17) is 37.0 Å². The first-order valence-electron chi connectivity index (χ1n) is 37.8. The standard InChI is InChI=1S/C72H140O17P2/c1-5-9-13-17-21-24-27-30-33-36-39-42-45-49-53-57-70(75)83-63-68(89-72(77)59-55-51-47-44-41-38-35-32-29-26-23-19-15-11-7-3)65-87-91(80,81)85-61-66(73)60-84-90(78,79)86-64-67(62-82-69(74)56-52-48-20-16-12-8-4)88-71(76)58-54-50-46-43-40-37-34-31-28-25-22-18-14-10-6-2/h66-68,73H,5-65H2,1-4H3,(H,78,79)(H,80,81)/t66-,67+,68+/m0/s1. The molecule has 0 aliphatic rings. The van der Waals surface area contributed by atoms with Crippen molar-refractivity contribution >= 4 is 39.5 Å². The van der Waals surface area contributed by atoms with Crippen molar-refractivity contribution in [2.75, 3.05) is 39.6 Å². The SMILES string of the molecule is CCCCCCCCCCCCCCCCCC(=O)OC[C@H](COP(=O)(O)OC[C@@H](O)COP(=O)(O)OC[C@@H](COC(=O)CCCCCCCC)OC(=O)CCCCCCCCCCCCCCCCC)OC(=O)CCCCCCCCCCCCCCCCC. The Morgan fingerprint density at radius 3 is 0.648 bits per heavy atom. The Bertz CT molecular complexity index is 1740. The molecular weight excluding hydrogens is 1200 g/mol. The molecule has 0 aliphatic heterocycles. The van der Waals surface area contributed by atoms with Crippen molar-refractivity contribution in [2.45, 2.75) is 399 Å². The van der Waals surface area contributed by atoms with E-state index in [2.05, 4.69) is 27.7 Å². The molecule has 0 saturated heterocycles. The minimum absolute atomic E-state index is 0.108. The van der Waals surface area contributed by atoms with E-state index in [9.17, 15) is 43.2 Å². The highest BCUT2D eigenvalue weighted by Crippen LogP contribution is 2.45. The molecule has 3 N–H and O–H groups in total. The summed E-state index contributed by atoms with van der Waals surface area (Å²) in [4.78, 5) is 72.5. The number of aliphatic hydroxyl groups is 1. The van der Waals surface area contributed by atoms with Gasteiger partial charge in [-0.25, -0.2) is 9.13 Å². The van der Waals surface area contributed by atoms with Gasteiger partial charge < -0.3 is 33.8 Å². The van der Waals surface area contributed by atoms with Crippen LogP contribution in [0.4, 0.5) is 0 Å². The highest BCUT2D eigenvalue weighted by molar-refractivity contribution is 7.47. The van der Waals surface area contributed by atoms with Gasteiger partial charge in [0.2, 0.25) is 0 Å². The lowest BCUT2D eigenvalue weighted by atomic mass is 10.0. The largest absolute Gasteiger partial charge is 0.472 e. The van der Waals surface area contributed by atoms with Gasteiger partial charge in [-0.2, -0.15) is 0 Å². The van der Waals surface area contributed by atoms with Crippen LogP contribution in [-0.4, -0.2) is 96.7 Å². The van der Waals surface area contributed by atoms with Crippen LogP contribution in [0.3, 0.4) is 0 Å². The number of carbonyl (C=O) groups excluding carboxylic acids is 4. The molecule has 0 saturated carbocycles. The summed E-state index contributed by atoms with van der Waals surface area (Å²) < 4.78 is 68.3. The van der Waals surface area contributed by atoms with Crippen molar-refractivity contribution in [3.63, 3.8) is 0 Å². The first-order valence-corrected chi connectivity index (χ1v) is 40.8. The zero-order valence-electron chi connectivity index (χ0n) is 58.8. The van der Waals surface area contributed by atoms with Gasteiger partial charge in [0, 0.05) is 25.7 Å². The van der Waals surface area contributed by atoms with E-state index >= 15 is 0 Å². The molecule has 0 aromatic heterocycles. The lowest BCUT2D eigenvalue weighted by Crippen LogP contribution is -2.30. The van der Waals surface area contributed by atoms with Gasteiger partial charge in [0.25, 0.3) is 0 Å². The van der Waals surface area contributed by atoms with E-state index < -0.39 is 97.5 Å². The number of phosphoric acid groups is 2. The van der Waals surface area contributed by atoms with Gasteiger partial charge in [0.1, 0.15) is 19.3 Å². The molecule has 5 atom stereocenters. The molecule has 2 unspecified atom stereocenters. The number of ether oxygens (including phenoxy) is 4. The van der Waals surface area contributed by atoms with Gasteiger partial charge in [-0.3, -0.25) is 37.3 Å². The molecule has 0 heterocycles. The van der Waals surface area contributed by atoms with Gasteiger partial charge in [-0.1, -0.05) is 329 Å². The van der Waals surface area contributed by atoms with E-state index in [0.717, 1.165) is 103 Å². The van der Waals surface area contributed by atoms with Crippen LogP contribution in [0, 0.1) is 0 Å². The fraction of sp³-hybridized carbons (Fsp3) is 0.944. The summed E-state index contributed by atoms with van der Waals surface area (Å²) in [6.45, 7) is 4.91. The number of aliphatic hydroxyl groups excluding tert-OH is 1. The van der Waals surface area contributed by atoms with E-state index in [1.807, 2.05) is 0 Å². The normalized spacial score (nSPS) is 14.0. The third kappa shape index (κ3) is 66.5. The molecule has 19 heteroatoms. The maximum atomic E-state index is 13.0. The molecule has 0 aliphatic carbocycles. The first kappa shape index (κ1) is 89.1. The summed E-state index contributed by atoms with van der Waals surface area (Å²) in [6, 6.07) is 0. The molecule has 0 spiro atoms. The second-order valence-corrected chi connectivity index (χ2v) is 28.9. The van der Waals surface area contributed by atoms with Crippen LogP contribution in [0.5, 0.6) is 0 Å². The molecule has 540 valence electrons. The molecule has 0 fully saturated rings. The first-order chi connectivity index (χ1) is 44.2. The highest BCUT2D eigenvalue weighted by Gasteiger charge is 2.30. The van der Waals surface area contributed by atoms with E-state index in [1.165, 1.54) is 199 Å². The molecular formula is C72H140O17P2. The number of phosphoric ester groups is 2. The number of carbonyl (C=O) groups is 4. The fourth-order valence-corrected chi connectivity index (χ4v) is 12.6. The molecule has 0 aromatic rings. The third-order valence-corrected chi connectivity index (χ3v) is 18.8. The number of rotatable bonds is 73. The van der Waals surface area contributed by atoms with Crippen molar-refractivity contribution in [3.8, 4) is 0 Å². The predicted molar refractivity (Wildman–Crippen MR) is 368 cm³/mol. The lowest BCUT2D eigenvalue weighted by molar-refractivity contribution is -0.161. The van der Waals surface area contributed by atoms with E-state index in [0.29, 0.717) is 25.7 Å². The number of hydrogen-bond acceptors (Lipinski definition) is 15. The summed E-state index contributed by atoms with van der Waals surface area (Å²) in [6.07, 6.45) is 55.6. The van der Waals surface area contributed by atoms with Crippen LogP contribution in [0.1, 0.15) is 381 Å². The maximum absolute atomic E-state index is 13.0. The molecule has 0 amide bonds. The van der Waals surface area contributed by atoms with E-state index in [-0.39, 0.29) is 25.7 Å². The maximum Gasteiger partial charge on any atom is 0.472 e. The third-order valence-electron chi connectivity index (χ3n) is 16.9. The Morgan fingerprint density at radius 2 is 0.440 bits per heavy atom. The van der Waals surface area contributed by atoms with Crippen LogP contribution >= 0.6 is 15.6 Å². The van der Waals surface area contributed by atoms with Gasteiger partial charge in [-0.05, 0) is 25.7 Å². The molecule has 0 rings (SSSR count). The summed E-state index contributed by atoms with van der Waals surface area (Å²) in [5, 5.41) is 10.6. The summed E-state index contributed by atoms with van der Waals surface area (Å²) in [5.41, 5.74) is 0. The highest BCUT2D eigenvalue weighted by atomic mass is 31.2. The zero-order chi connectivity index (χ0) is 66.8. The van der Waals surface area contributed by atoms with Crippen molar-refractivity contribution in [2.24, 2.45) is 0 Å². The average molecular weight is 1340 g/mol. The summed E-state index contributed by atoms with van der Waals surface area (Å²) in [7, 11) is -9.89. The monoisotopic (exact) mass is 1340 g/mol. The summed E-state index contributed by atoms with van der Waals surface area (Å²) >= 11 is 0. The Kier molecular flexibility index (Phi) is 65.2. The predicted octanol–water partition coefficient (Wildman–Crippen LogP) is 21.1. The number of unbranched alkanes of at least 4 members (excludes halogenated alkanes) is 47. The van der Waals surface area contributed by atoms with Crippen LogP contribution in [-0.2, 0) is 65.4 Å². The van der Waals surface area contributed by atoms with E-state index in [1.54, 1.807) is 0 Å². The Labute approximate surface area is 556 Å². The van der Waals surface area contributed by atoms with Crippen LogP contribution < -0.4 is 0 Å². The van der Waals surface area contributed by atoms with Crippen LogP contribution in [0.2, 0.25) is 0 Å². The Hall–Kier alpha value is -1.94. The number of hydrogen-bond donors (Lipinski definition) is 3. The van der Waals surface area contributed by atoms with Gasteiger partial charge in [-0.15, -0.1) is 0 Å². The summed E-state index contributed by atoms with van der Waals surface area (Å²) in [5.74, 6) is -2.12. The molecule has 0 radical (unpaired) electrons. The zero-order valence-corrected chi connectivity index (χ0v) is 60.6. The van der Waals surface area contributed by atoms with Gasteiger partial charge in [0.05, 0.1) is 26.4 Å². The fourth-order valence-electron chi connectivity index (χ4n) is 11.0.